The van der Waals surface area contributed by atoms with Gasteiger partial charge in [0.15, 0.2) is 0 Å². The van der Waals surface area contributed by atoms with Gasteiger partial charge in [-0.05, 0) is 42.5 Å². The van der Waals surface area contributed by atoms with Crippen LogP contribution in [-0.2, 0) is 22.6 Å². The number of nitrogens with one attached hydrogen (secondary N) is 1. The highest BCUT2D eigenvalue weighted by Gasteiger charge is 2.31. The molecule has 1 fully saturated rings. The van der Waals surface area contributed by atoms with Crippen LogP contribution >= 0.6 is 23.2 Å². The Kier molecular flexibility index (Phi) is 9.43. The lowest BCUT2D eigenvalue weighted by Crippen LogP contribution is -2.52. The Labute approximate surface area is 201 Å². The van der Waals surface area contributed by atoms with Crippen LogP contribution in [0.25, 0.3) is 0 Å². The van der Waals surface area contributed by atoms with E-state index >= 15 is 0 Å². The fourth-order valence-electron chi connectivity index (χ4n) is 4.29. The van der Waals surface area contributed by atoms with Crippen LogP contribution in [-0.4, -0.2) is 28.8 Å². The van der Waals surface area contributed by atoms with Crippen molar-refractivity contribution in [1.29, 1.82) is 0 Å². The molecule has 32 heavy (non-hydrogen) atoms. The van der Waals surface area contributed by atoms with Crippen LogP contribution in [0.5, 0.6) is 0 Å². The van der Waals surface area contributed by atoms with Gasteiger partial charge in [0.05, 0.1) is 10.0 Å². The van der Waals surface area contributed by atoms with Gasteiger partial charge in [0, 0.05) is 25.4 Å². The smallest absolute Gasteiger partial charge is 0.243 e. The SMILES string of the molecule is CCCC(=O)N(Cc1ccc(Cl)c(Cl)c1)[C@H](Cc1ccccc1)C(=O)NC1CCCCC1. The molecule has 0 aromatic heterocycles. The van der Waals surface area contributed by atoms with Gasteiger partial charge in [-0.1, -0.05) is 85.8 Å². The Morgan fingerprint density at radius 2 is 1.72 bits per heavy atom. The van der Waals surface area contributed by atoms with Crippen LogP contribution in [0.15, 0.2) is 48.5 Å². The van der Waals surface area contributed by atoms with Crippen LogP contribution in [0.3, 0.4) is 0 Å². The first-order valence-corrected chi connectivity index (χ1v) is 12.3. The first kappa shape index (κ1) is 24.6. The molecule has 172 valence electrons. The van der Waals surface area contributed by atoms with E-state index in [4.69, 9.17) is 23.2 Å². The summed E-state index contributed by atoms with van der Waals surface area (Å²) in [5.74, 6) is -0.108. The summed E-state index contributed by atoms with van der Waals surface area (Å²) in [6.07, 6.45) is 7.07. The second-order valence-electron chi connectivity index (χ2n) is 8.57. The van der Waals surface area contributed by atoms with E-state index in [1.165, 1.54) is 6.42 Å². The quantitative estimate of drug-likeness (QED) is 0.471. The number of hydrogen-bond acceptors (Lipinski definition) is 2. The van der Waals surface area contributed by atoms with Crippen molar-refractivity contribution in [1.82, 2.24) is 10.2 Å². The lowest BCUT2D eigenvalue weighted by atomic mass is 9.94. The van der Waals surface area contributed by atoms with Gasteiger partial charge in [0.1, 0.15) is 6.04 Å². The maximum Gasteiger partial charge on any atom is 0.243 e. The van der Waals surface area contributed by atoms with E-state index in [0.29, 0.717) is 29.4 Å². The van der Waals surface area contributed by atoms with Gasteiger partial charge in [-0.25, -0.2) is 0 Å². The molecule has 0 unspecified atom stereocenters. The molecule has 0 aliphatic heterocycles. The van der Waals surface area contributed by atoms with Crippen LogP contribution in [0, 0.1) is 0 Å². The first-order valence-electron chi connectivity index (χ1n) is 11.6. The second kappa shape index (κ2) is 12.3. The van der Waals surface area contributed by atoms with Crippen molar-refractivity contribution in [3.63, 3.8) is 0 Å². The molecule has 0 radical (unpaired) electrons. The monoisotopic (exact) mass is 474 g/mol. The summed E-state index contributed by atoms with van der Waals surface area (Å²) in [6.45, 7) is 2.29. The summed E-state index contributed by atoms with van der Waals surface area (Å²) in [5, 5.41) is 4.16. The molecule has 4 nitrogen and oxygen atoms in total. The molecule has 0 heterocycles. The van der Waals surface area contributed by atoms with Gasteiger partial charge >= 0.3 is 0 Å². The van der Waals surface area contributed by atoms with Gasteiger partial charge in [-0.15, -0.1) is 0 Å². The highest BCUT2D eigenvalue weighted by molar-refractivity contribution is 6.42. The van der Waals surface area contributed by atoms with Crippen LogP contribution in [0.1, 0.15) is 63.0 Å². The lowest BCUT2D eigenvalue weighted by molar-refractivity contribution is -0.141. The van der Waals surface area contributed by atoms with E-state index in [1.807, 2.05) is 43.3 Å². The summed E-state index contributed by atoms with van der Waals surface area (Å²) in [4.78, 5) is 28.5. The molecular weight excluding hydrogens is 443 g/mol. The minimum atomic E-state index is -0.590. The highest BCUT2D eigenvalue weighted by Crippen LogP contribution is 2.25. The van der Waals surface area contributed by atoms with Crippen molar-refractivity contribution in [3.05, 3.63) is 69.7 Å². The predicted octanol–water partition coefficient (Wildman–Crippen LogP) is 6.18. The molecule has 0 saturated heterocycles. The summed E-state index contributed by atoms with van der Waals surface area (Å²) in [7, 11) is 0. The Hall–Kier alpha value is -2.04. The fourth-order valence-corrected chi connectivity index (χ4v) is 4.61. The lowest BCUT2D eigenvalue weighted by Gasteiger charge is -2.33. The zero-order valence-electron chi connectivity index (χ0n) is 18.7. The Balaban J connectivity index is 1.89. The molecule has 3 rings (SSSR count). The fraction of sp³-hybridized carbons (Fsp3) is 0.462. The molecule has 1 atom stereocenters. The Morgan fingerprint density at radius 3 is 2.38 bits per heavy atom. The molecule has 1 aliphatic rings. The zero-order chi connectivity index (χ0) is 22.9. The molecule has 6 heteroatoms. The van der Waals surface area contributed by atoms with E-state index in [2.05, 4.69) is 5.32 Å². The minimum absolute atomic E-state index is 0.0294. The van der Waals surface area contributed by atoms with Gasteiger partial charge in [-0.3, -0.25) is 9.59 Å². The molecule has 1 N–H and O–H groups in total. The summed E-state index contributed by atoms with van der Waals surface area (Å²) in [6, 6.07) is 14.8. The Morgan fingerprint density at radius 1 is 1.00 bits per heavy atom. The standard InChI is InChI=1S/C26H32Cl2N2O2/c1-2-9-25(31)30(18-20-14-15-22(27)23(28)16-20)24(17-19-10-5-3-6-11-19)26(32)29-21-12-7-4-8-13-21/h3,5-6,10-11,14-16,21,24H,2,4,7-9,12-13,17-18H2,1H3,(H,29,32)/t24-/m1/s1. The van der Waals surface area contributed by atoms with Crippen LogP contribution in [0.4, 0.5) is 0 Å². The average molecular weight is 475 g/mol. The predicted molar refractivity (Wildman–Crippen MR) is 131 cm³/mol. The van der Waals surface area contributed by atoms with Gasteiger partial charge < -0.3 is 10.2 Å². The number of carbonyl (C=O) groups excluding carboxylic acids is 2. The van der Waals surface area contributed by atoms with E-state index in [0.717, 1.165) is 43.2 Å². The summed E-state index contributed by atoms with van der Waals surface area (Å²) in [5.41, 5.74) is 1.88. The molecule has 1 aliphatic carbocycles. The topological polar surface area (TPSA) is 49.4 Å². The number of benzene rings is 2. The van der Waals surface area contributed by atoms with E-state index in [1.54, 1.807) is 17.0 Å². The van der Waals surface area contributed by atoms with E-state index in [9.17, 15) is 9.59 Å². The average Bonchev–Trinajstić information content (AvgIpc) is 2.80. The largest absolute Gasteiger partial charge is 0.352 e. The normalized spacial score (nSPS) is 15.2. The molecule has 1 saturated carbocycles. The minimum Gasteiger partial charge on any atom is -0.352 e. The molecule has 2 amide bonds. The Bertz CT molecular complexity index is 898. The number of nitrogens with zero attached hydrogens (tertiary/aromatic N) is 1. The third-order valence-corrected chi connectivity index (χ3v) is 6.76. The van der Waals surface area contributed by atoms with E-state index in [-0.39, 0.29) is 17.9 Å². The van der Waals surface area contributed by atoms with Gasteiger partial charge in [0.25, 0.3) is 0 Å². The molecule has 0 spiro atoms. The van der Waals surface area contributed by atoms with Crippen molar-refractivity contribution in [2.75, 3.05) is 0 Å². The number of hydrogen-bond donors (Lipinski definition) is 1. The maximum absolute atomic E-state index is 13.5. The number of halogens is 2. The summed E-state index contributed by atoms with van der Waals surface area (Å²) < 4.78 is 0. The van der Waals surface area contributed by atoms with Crippen molar-refractivity contribution in [2.45, 2.75) is 76.9 Å². The van der Waals surface area contributed by atoms with E-state index < -0.39 is 6.04 Å². The van der Waals surface area contributed by atoms with Gasteiger partial charge in [0.2, 0.25) is 11.8 Å². The van der Waals surface area contributed by atoms with Crippen molar-refractivity contribution >= 4 is 35.0 Å². The zero-order valence-corrected chi connectivity index (χ0v) is 20.2. The molecule has 0 bridgehead atoms. The van der Waals surface area contributed by atoms with Crippen molar-refractivity contribution in [3.8, 4) is 0 Å². The number of amides is 2. The maximum atomic E-state index is 13.5. The summed E-state index contributed by atoms with van der Waals surface area (Å²) >= 11 is 12.3. The molecule has 2 aromatic rings. The first-order chi connectivity index (χ1) is 15.5. The molecule has 2 aromatic carbocycles. The van der Waals surface area contributed by atoms with Crippen LogP contribution < -0.4 is 5.32 Å². The van der Waals surface area contributed by atoms with Gasteiger partial charge in [-0.2, -0.15) is 0 Å². The number of rotatable bonds is 9. The third-order valence-electron chi connectivity index (χ3n) is 6.02. The number of carbonyl (C=O) groups is 2. The van der Waals surface area contributed by atoms with Crippen molar-refractivity contribution in [2.24, 2.45) is 0 Å². The van der Waals surface area contributed by atoms with Crippen molar-refractivity contribution < 1.29 is 9.59 Å². The van der Waals surface area contributed by atoms with Crippen LogP contribution in [0.2, 0.25) is 10.0 Å². The third kappa shape index (κ3) is 6.98. The second-order valence-corrected chi connectivity index (χ2v) is 9.38. The molecular formula is C26H32Cl2N2O2. The highest BCUT2D eigenvalue weighted by atomic mass is 35.5.